The maximum Gasteiger partial charge on any atom is 0.256 e. The van der Waals surface area contributed by atoms with Crippen LogP contribution in [0.25, 0.3) is 5.65 Å². The molecule has 0 aliphatic carbocycles. The molecule has 146 valence electrons. The van der Waals surface area contributed by atoms with Gasteiger partial charge in [-0.25, -0.2) is 18.3 Å². The Kier molecular flexibility index (Phi) is 4.91. The summed E-state index contributed by atoms with van der Waals surface area (Å²) >= 11 is 0. The lowest BCUT2D eigenvalue weighted by Crippen LogP contribution is -2.27. The maximum absolute atomic E-state index is 14.3. The van der Waals surface area contributed by atoms with E-state index in [1.54, 1.807) is 12.3 Å². The predicted octanol–water partition coefficient (Wildman–Crippen LogP) is 2.07. The number of nitrogens with one attached hydrogen (secondary N) is 1. The topological polar surface area (TPSA) is 82.8 Å². The summed E-state index contributed by atoms with van der Waals surface area (Å²) in [5, 5.41) is 15.6. The van der Waals surface area contributed by atoms with Crippen molar-refractivity contribution in [3.05, 3.63) is 59.4 Å². The Labute approximate surface area is 159 Å². The van der Waals surface area contributed by atoms with E-state index in [1.165, 1.54) is 16.8 Å². The molecule has 1 aromatic carbocycles. The van der Waals surface area contributed by atoms with Gasteiger partial charge in [0.2, 0.25) is 0 Å². The molecule has 0 radical (unpaired) electrons. The number of aliphatic hydroxyl groups excluding tert-OH is 1. The molecular formula is C19H19F2N5O2. The number of hydrogen-bond acceptors (Lipinski definition) is 5. The highest BCUT2D eigenvalue weighted by Crippen LogP contribution is 2.36. The number of aliphatic hydroxyl groups is 1. The summed E-state index contributed by atoms with van der Waals surface area (Å²) < 4.78 is 29.4. The third-order valence-electron chi connectivity index (χ3n) is 4.86. The molecule has 9 heteroatoms. The van der Waals surface area contributed by atoms with Crippen LogP contribution in [0.4, 0.5) is 14.6 Å². The summed E-state index contributed by atoms with van der Waals surface area (Å²) in [7, 11) is 0. The van der Waals surface area contributed by atoms with Gasteiger partial charge in [0.1, 0.15) is 23.0 Å². The van der Waals surface area contributed by atoms with Gasteiger partial charge in [-0.05, 0) is 37.1 Å². The van der Waals surface area contributed by atoms with Gasteiger partial charge in [-0.2, -0.15) is 5.10 Å². The molecule has 1 atom stereocenters. The molecule has 3 heterocycles. The van der Waals surface area contributed by atoms with Crippen molar-refractivity contribution in [3.8, 4) is 0 Å². The van der Waals surface area contributed by atoms with Crippen molar-refractivity contribution in [2.24, 2.45) is 0 Å². The van der Waals surface area contributed by atoms with Crippen molar-refractivity contribution >= 4 is 17.4 Å². The van der Waals surface area contributed by atoms with Crippen molar-refractivity contribution in [1.82, 2.24) is 19.9 Å². The van der Waals surface area contributed by atoms with Crippen molar-refractivity contribution < 1.29 is 18.7 Å². The van der Waals surface area contributed by atoms with E-state index in [0.717, 1.165) is 18.6 Å². The highest BCUT2D eigenvalue weighted by atomic mass is 19.1. The molecule has 4 rings (SSSR count). The van der Waals surface area contributed by atoms with Crippen LogP contribution in [0.1, 0.15) is 34.8 Å². The van der Waals surface area contributed by atoms with Crippen LogP contribution in [-0.2, 0) is 0 Å². The monoisotopic (exact) mass is 387 g/mol. The lowest BCUT2D eigenvalue weighted by atomic mass is 10.0. The summed E-state index contributed by atoms with van der Waals surface area (Å²) in [5.41, 5.74) is 0.940. The van der Waals surface area contributed by atoms with Crippen molar-refractivity contribution in [2.45, 2.75) is 18.9 Å². The molecule has 1 aliphatic rings. The number of fused-ring (bicyclic) bond motifs is 1. The fourth-order valence-corrected chi connectivity index (χ4v) is 3.58. The predicted molar refractivity (Wildman–Crippen MR) is 98.1 cm³/mol. The Morgan fingerprint density at radius 2 is 2.18 bits per heavy atom. The molecule has 1 fully saturated rings. The second-order valence-electron chi connectivity index (χ2n) is 6.61. The van der Waals surface area contributed by atoms with Crippen molar-refractivity contribution in [1.29, 1.82) is 0 Å². The SMILES string of the molecule is O=C(NCCO)c1cnn2ccc(N3CCC[C@@H]3c3cc(F)ccc3F)nc12. The molecule has 7 nitrogen and oxygen atoms in total. The van der Waals surface area contributed by atoms with E-state index in [2.05, 4.69) is 15.4 Å². The van der Waals surface area contributed by atoms with E-state index < -0.39 is 11.6 Å². The molecular weight excluding hydrogens is 368 g/mol. The minimum atomic E-state index is -0.481. The van der Waals surface area contributed by atoms with Crippen LogP contribution in [0.15, 0.2) is 36.7 Å². The van der Waals surface area contributed by atoms with Crippen molar-refractivity contribution in [3.63, 3.8) is 0 Å². The van der Waals surface area contributed by atoms with Gasteiger partial charge < -0.3 is 15.3 Å². The van der Waals surface area contributed by atoms with Crippen LogP contribution >= 0.6 is 0 Å². The number of carbonyl (C=O) groups excluding carboxylic acids is 1. The van der Waals surface area contributed by atoms with Gasteiger partial charge in [0.05, 0.1) is 18.8 Å². The van der Waals surface area contributed by atoms with E-state index in [-0.39, 0.29) is 30.7 Å². The molecule has 1 aliphatic heterocycles. The van der Waals surface area contributed by atoms with E-state index in [4.69, 9.17) is 5.11 Å². The second kappa shape index (κ2) is 7.51. The number of rotatable bonds is 5. The number of benzene rings is 1. The Hall–Kier alpha value is -3.07. The van der Waals surface area contributed by atoms with Crippen LogP contribution in [0.2, 0.25) is 0 Å². The van der Waals surface area contributed by atoms with Crippen LogP contribution in [0, 0.1) is 11.6 Å². The molecule has 0 saturated carbocycles. The van der Waals surface area contributed by atoms with Crippen LogP contribution in [-0.4, -0.2) is 45.3 Å². The number of carbonyl (C=O) groups is 1. The van der Waals surface area contributed by atoms with E-state index in [1.807, 2.05) is 4.90 Å². The number of nitrogens with zero attached hydrogens (tertiary/aromatic N) is 4. The average molecular weight is 387 g/mol. The van der Waals surface area contributed by atoms with E-state index >= 15 is 0 Å². The van der Waals surface area contributed by atoms with Gasteiger partial charge >= 0.3 is 0 Å². The fraction of sp³-hybridized carbons (Fsp3) is 0.316. The van der Waals surface area contributed by atoms with Crippen LogP contribution in [0.5, 0.6) is 0 Å². The minimum absolute atomic E-state index is 0.128. The molecule has 0 bridgehead atoms. The highest BCUT2D eigenvalue weighted by molar-refractivity contribution is 5.99. The Bertz CT molecular complexity index is 1020. The Morgan fingerprint density at radius 3 is 3.00 bits per heavy atom. The first-order valence-electron chi connectivity index (χ1n) is 9.03. The maximum atomic E-state index is 14.3. The molecule has 3 aromatic rings. The molecule has 2 aromatic heterocycles. The number of halogens is 2. The minimum Gasteiger partial charge on any atom is -0.395 e. The quantitative estimate of drug-likeness (QED) is 0.700. The zero-order valence-corrected chi connectivity index (χ0v) is 15.0. The Morgan fingerprint density at radius 1 is 1.32 bits per heavy atom. The summed E-state index contributed by atoms with van der Waals surface area (Å²) in [4.78, 5) is 18.7. The Balaban J connectivity index is 1.70. The molecule has 2 N–H and O–H groups in total. The average Bonchev–Trinajstić information content (AvgIpc) is 3.34. The van der Waals surface area contributed by atoms with Crippen LogP contribution < -0.4 is 10.2 Å². The summed E-state index contributed by atoms with van der Waals surface area (Å²) in [5.74, 6) is -0.753. The fourth-order valence-electron chi connectivity index (χ4n) is 3.58. The van der Waals surface area contributed by atoms with E-state index in [9.17, 15) is 13.6 Å². The lowest BCUT2D eigenvalue weighted by Gasteiger charge is -2.26. The smallest absolute Gasteiger partial charge is 0.256 e. The van der Waals surface area contributed by atoms with Gasteiger partial charge in [0, 0.05) is 24.8 Å². The standard InChI is InChI=1S/C19H19F2N5O2/c20-12-3-4-15(21)13(10-12)16-2-1-7-25(16)17-5-8-26-18(24-17)14(11-23-26)19(28)22-6-9-27/h3-5,8,10-11,16,27H,1-2,6-7,9H2,(H,22,28)/t16-/m1/s1. The zero-order chi connectivity index (χ0) is 19.7. The first-order valence-corrected chi connectivity index (χ1v) is 9.03. The summed E-state index contributed by atoms with van der Waals surface area (Å²) in [6.45, 7) is 0.602. The van der Waals surface area contributed by atoms with Crippen LogP contribution in [0.3, 0.4) is 0 Å². The first-order chi connectivity index (χ1) is 13.6. The number of amides is 1. The summed E-state index contributed by atoms with van der Waals surface area (Å²) in [6, 6.07) is 4.87. The molecule has 1 amide bonds. The number of anilines is 1. The normalized spacial score (nSPS) is 16.7. The molecule has 0 spiro atoms. The number of aromatic nitrogens is 3. The highest BCUT2D eigenvalue weighted by Gasteiger charge is 2.30. The molecule has 1 saturated heterocycles. The van der Waals surface area contributed by atoms with Gasteiger partial charge in [-0.15, -0.1) is 0 Å². The molecule has 0 unspecified atom stereocenters. The first kappa shape index (κ1) is 18.3. The van der Waals surface area contributed by atoms with Gasteiger partial charge in [-0.1, -0.05) is 0 Å². The zero-order valence-electron chi connectivity index (χ0n) is 15.0. The third kappa shape index (κ3) is 3.29. The largest absolute Gasteiger partial charge is 0.395 e. The van der Waals surface area contributed by atoms with Gasteiger partial charge in [0.25, 0.3) is 5.91 Å². The summed E-state index contributed by atoms with van der Waals surface area (Å²) in [6.07, 6.45) is 4.58. The van der Waals surface area contributed by atoms with E-state index in [0.29, 0.717) is 30.0 Å². The lowest BCUT2D eigenvalue weighted by molar-refractivity contribution is 0.0946. The number of hydrogen-bond donors (Lipinski definition) is 2. The third-order valence-corrected chi connectivity index (χ3v) is 4.86. The molecule has 28 heavy (non-hydrogen) atoms. The second-order valence-corrected chi connectivity index (χ2v) is 6.61. The van der Waals surface area contributed by atoms with Gasteiger partial charge in [0.15, 0.2) is 5.65 Å². The van der Waals surface area contributed by atoms with Crippen molar-refractivity contribution in [2.75, 3.05) is 24.6 Å². The van der Waals surface area contributed by atoms with Gasteiger partial charge in [-0.3, -0.25) is 4.79 Å².